The molecule has 0 atom stereocenters. The predicted molar refractivity (Wildman–Crippen MR) is 81.5 cm³/mol. The van der Waals surface area contributed by atoms with E-state index in [2.05, 4.69) is 6.92 Å². The number of unbranched alkanes of at least 4 members (excludes halogenated alkanes) is 2. The Labute approximate surface area is 130 Å². The Morgan fingerprint density at radius 3 is 2.76 bits per heavy atom. The minimum absolute atomic E-state index is 0.138. The van der Waals surface area contributed by atoms with E-state index in [4.69, 9.17) is 21.1 Å². The van der Waals surface area contributed by atoms with E-state index in [1.807, 2.05) is 18.2 Å². The number of carbonyl (C=O) groups excluding carboxylic acids is 1. The van der Waals surface area contributed by atoms with Crippen molar-refractivity contribution in [2.24, 2.45) is 0 Å². The van der Waals surface area contributed by atoms with E-state index >= 15 is 0 Å². The van der Waals surface area contributed by atoms with Gasteiger partial charge in [0.05, 0.1) is 23.9 Å². The van der Waals surface area contributed by atoms with Crippen LogP contribution in [0.15, 0.2) is 18.2 Å². The first kappa shape index (κ1) is 14.8. The lowest BCUT2D eigenvalue weighted by atomic mass is 10.1. The summed E-state index contributed by atoms with van der Waals surface area (Å²) in [4.78, 5) is 14.6. The molecule has 1 amide bonds. The third-order valence-electron chi connectivity index (χ3n) is 4.02. The summed E-state index contributed by atoms with van der Waals surface area (Å²) < 4.78 is 11.6. The van der Waals surface area contributed by atoms with E-state index in [1.54, 1.807) is 4.90 Å². The molecule has 4 nitrogen and oxygen atoms in total. The van der Waals surface area contributed by atoms with Gasteiger partial charge in [0.1, 0.15) is 0 Å². The molecular formula is C16H20ClNO3. The van der Waals surface area contributed by atoms with Crippen LogP contribution in [0.3, 0.4) is 0 Å². The Morgan fingerprint density at radius 1 is 1.29 bits per heavy atom. The van der Waals surface area contributed by atoms with Gasteiger partial charge < -0.3 is 14.4 Å². The van der Waals surface area contributed by atoms with Crippen LogP contribution in [0.2, 0.25) is 5.02 Å². The van der Waals surface area contributed by atoms with Gasteiger partial charge in [0.15, 0.2) is 0 Å². The predicted octanol–water partition coefficient (Wildman–Crippen LogP) is 3.47. The van der Waals surface area contributed by atoms with Crippen molar-refractivity contribution in [3.63, 3.8) is 0 Å². The zero-order chi connectivity index (χ0) is 14.9. The van der Waals surface area contributed by atoms with Crippen molar-refractivity contribution in [3.8, 4) is 0 Å². The Balaban J connectivity index is 1.99. The average molecular weight is 310 g/mol. The van der Waals surface area contributed by atoms with Crippen molar-refractivity contribution in [2.75, 3.05) is 24.7 Å². The lowest BCUT2D eigenvalue weighted by molar-refractivity contribution is -0.256. The van der Waals surface area contributed by atoms with Crippen LogP contribution in [0, 0.1) is 0 Å². The van der Waals surface area contributed by atoms with Gasteiger partial charge in [0.25, 0.3) is 11.7 Å². The summed E-state index contributed by atoms with van der Waals surface area (Å²) in [5, 5.41) is 0.576. The molecule has 0 aromatic heterocycles. The van der Waals surface area contributed by atoms with Gasteiger partial charge in [-0.25, -0.2) is 0 Å². The standard InChI is InChI=1S/C16H20ClNO3/c1-2-3-4-9-18-14-12(7-5-8-13(14)17)16(15(18)19)20-10-6-11-21-16/h5,7-8H,2-4,6,9-11H2,1H3. The molecule has 0 N–H and O–H groups in total. The van der Waals surface area contributed by atoms with Crippen LogP contribution in [-0.4, -0.2) is 25.7 Å². The number of benzene rings is 1. The number of amides is 1. The molecule has 1 aromatic rings. The van der Waals surface area contributed by atoms with Gasteiger partial charge >= 0.3 is 0 Å². The summed E-state index contributed by atoms with van der Waals surface area (Å²) in [6.45, 7) is 3.85. The molecule has 5 heteroatoms. The zero-order valence-electron chi connectivity index (χ0n) is 12.2. The maximum absolute atomic E-state index is 12.9. The van der Waals surface area contributed by atoms with Crippen LogP contribution in [-0.2, 0) is 20.1 Å². The normalized spacial score (nSPS) is 20.1. The van der Waals surface area contributed by atoms with E-state index in [0.717, 1.165) is 36.9 Å². The summed E-state index contributed by atoms with van der Waals surface area (Å²) in [5.74, 6) is -1.41. The number of rotatable bonds is 4. The number of nitrogens with zero attached hydrogens (tertiary/aromatic N) is 1. The topological polar surface area (TPSA) is 38.8 Å². The minimum Gasteiger partial charge on any atom is -0.338 e. The molecule has 2 heterocycles. The molecule has 114 valence electrons. The van der Waals surface area contributed by atoms with Crippen molar-refractivity contribution < 1.29 is 14.3 Å². The monoisotopic (exact) mass is 309 g/mol. The lowest BCUT2D eigenvalue weighted by Gasteiger charge is -2.32. The van der Waals surface area contributed by atoms with E-state index in [-0.39, 0.29) is 5.91 Å². The van der Waals surface area contributed by atoms with Crippen LogP contribution in [0.5, 0.6) is 0 Å². The maximum atomic E-state index is 12.9. The highest BCUT2D eigenvalue weighted by Gasteiger charge is 2.55. The summed E-state index contributed by atoms with van der Waals surface area (Å²) >= 11 is 6.34. The molecular weight excluding hydrogens is 290 g/mol. The maximum Gasteiger partial charge on any atom is 0.292 e. The van der Waals surface area contributed by atoms with E-state index < -0.39 is 5.79 Å². The highest BCUT2D eigenvalue weighted by Crippen LogP contribution is 2.48. The first-order valence-corrected chi connectivity index (χ1v) is 7.97. The average Bonchev–Trinajstić information content (AvgIpc) is 2.73. The summed E-state index contributed by atoms with van der Waals surface area (Å²) in [7, 11) is 0. The molecule has 1 saturated heterocycles. The van der Waals surface area contributed by atoms with E-state index in [9.17, 15) is 4.79 Å². The number of halogens is 1. The molecule has 0 unspecified atom stereocenters. The van der Waals surface area contributed by atoms with Crippen molar-refractivity contribution in [2.45, 2.75) is 38.4 Å². The Hall–Kier alpha value is -1.10. The quantitative estimate of drug-likeness (QED) is 0.799. The van der Waals surface area contributed by atoms with Crippen molar-refractivity contribution >= 4 is 23.2 Å². The van der Waals surface area contributed by atoms with E-state index in [0.29, 0.717) is 24.8 Å². The number of carbonyl (C=O) groups is 1. The second kappa shape index (κ2) is 5.95. The Kier molecular flexibility index (Phi) is 4.20. The molecule has 0 aliphatic carbocycles. The molecule has 2 aliphatic heterocycles. The van der Waals surface area contributed by atoms with Gasteiger partial charge in [-0.1, -0.05) is 43.5 Å². The van der Waals surface area contributed by atoms with Crippen LogP contribution < -0.4 is 4.90 Å². The molecule has 1 aromatic carbocycles. The number of fused-ring (bicyclic) bond motifs is 2. The van der Waals surface area contributed by atoms with Gasteiger partial charge in [-0.05, 0) is 18.9 Å². The largest absolute Gasteiger partial charge is 0.338 e. The van der Waals surface area contributed by atoms with Gasteiger partial charge in [-0.3, -0.25) is 4.79 Å². The van der Waals surface area contributed by atoms with E-state index in [1.165, 1.54) is 0 Å². The summed E-state index contributed by atoms with van der Waals surface area (Å²) in [6, 6.07) is 5.53. The fourth-order valence-electron chi connectivity index (χ4n) is 2.99. The molecule has 0 saturated carbocycles. The van der Waals surface area contributed by atoms with Crippen LogP contribution in [0.4, 0.5) is 5.69 Å². The van der Waals surface area contributed by atoms with Gasteiger partial charge in [0, 0.05) is 12.1 Å². The zero-order valence-corrected chi connectivity index (χ0v) is 13.0. The molecule has 1 fully saturated rings. The first-order valence-electron chi connectivity index (χ1n) is 7.59. The fraction of sp³-hybridized carbons (Fsp3) is 0.562. The van der Waals surface area contributed by atoms with Gasteiger partial charge in [-0.2, -0.15) is 0 Å². The van der Waals surface area contributed by atoms with Crippen LogP contribution in [0.1, 0.15) is 38.2 Å². The highest BCUT2D eigenvalue weighted by molar-refractivity contribution is 6.35. The van der Waals surface area contributed by atoms with Crippen LogP contribution >= 0.6 is 11.6 Å². The SMILES string of the molecule is CCCCCN1C(=O)C2(OCCCO2)c2cccc(Cl)c21. The van der Waals surface area contributed by atoms with Crippen molar-refractivity contribution in [3.05, 3.63) is 28.8 Å². The van der Waals surface area contributed by atoms with Gasteiger partial charge in [0.2, 0.25) is 0 Å². The smallest absolute Gasteiger partial charge is 0.292 e. The van der Waals surface area contributed by atoms with Gasteiger partial charge in [-0.15, -0.1) is 0 Å². The third kappa shape index (κ3) is 2.35. The second-order valence-electron chi connectivity index (χ2n) is 5.47. The van der Waals surface area contributed by atoms with Crippen molar-refractivity contribution in [1.29, 1.82) is 0 Å². The molecule has 21 heavy (non-hydrogen) atoms. The fourth-order valence-corrected chi connectivity index (χ4v) is 3.27. The third-order valence-corrected chi connectivity index (χ3v) is 4.33. The molecule has 0 bridgehead atoms. The number of hydrogen-bond acceptors (Lipinski definition) is 3. The minimum atomic E-state index is -1.27. The number of hydrogen-bond donors (Lipinski definition) is 0. The lowest BCUT2D eigenvalue weighted by Crippen LogP contribution is -2.47. The van der Waals surface area contributed by atoms with Crippen molar-refractivity contribution in [1.82, 2.24) is 0 Å². The second-order valence-corrected chi connectivity index (χ2v) is 5.87. The summed E-state index contributed by atoms with van der Waals surface area (Å²) in [5.41, 5.74) is 1.50. The number of ether oxygens (including phenoxy) is 2. The molecule has 0 radical (unpaired) electrons. The number of para-hydroxylation sites is 1. The number of anilines is 1. The molecule has 3 rings (SSSR count). The Morgan fingerprint density at radius 2 is 2.05 bits per heavy atom. The Bertz CT molecular complexity index is 540. The molecule has 2 aliphatic rings. The summed E-state index contributed by atoms with van der Waals surface area (Å²) in [6.07, 6.45) is 3.94. The first-order chi connectivity index (χ1) is 10.2. The molecule has 1 spiro atoms. The highest BCUT2D eigenvalue weighted by atomic mass is 35.5. The van der Waals surface area contributed by atoms with Crippen LogP contribution in [0.25, 0.3) is 0 Å².